The molecule has 2 aromatic carbocycles. The minimum absolute atomic E-state index is 0.0714. The maximum absolute atomic E-state index is 13.6. The third kappa shape index (κ3) is 3.64. The van der Waals surface area contributed by atoms with Gasteiger partial charge in [-0.15, -0.1) is 11.3 Å². The molecule has 154 valence electrons. The van der Waals surface area contributed by atoms with Gasteiger partial charge in [0, 0.05) is 11.9 Å². The molecule has 0 fully saturated rings. The molecule has 1 aliphatic heterocycles. The standard InChI is InChI=1S/C22H19FN2O3S2/c1-14-6-7-18(15(2)10-14)24-12-20-21(26)22-19(8-9-29-22)25(30(20,27)28)13-16-4-3-5-17(23)11-16/h3-12,24H,13H2,1-2H3. The number of aryl methyl sites for hydroxylation is 2. The van der Waals surface area contributed by atoms with Crippen LogP contribution in [0.1, 0.15) is 26.4 Å². The lowest BCUT2D eigenvalue weighted by Gasteiger charge is -2.29. The molecule has 0 aliphatic carbocycles. The van der Waals surface area contributed by atoms with Crippen molar-refractivity contribution in [2.24, 2.45) is 0 Å². The zero-order valence-electron chi connectivity index (χ0n) is 16.3. The topological polar surface area (TPSA) is 66.5 Å². The summed E-state index contributed by atoms with van der Waals surface area (Å²) in [6.45, 7) is 3.80. The van der Waals surface area contributed by atoms with Crippen molar-refractivity contribution >= 4 is 38.5 Å². The molecule has 30 heavy (non-hydrogen) atoms. The minimum Gasteiger partial charge on any atom is -0.360 e. The first kappa shape index (κ1) is 20.3. The number of thiophene rings is 1. The third-order valence-corrected chi connectivity index (χ3v) is 7.53. The van der Waals surface area contributed by atoms with Gasteiger partial charge >= 0.3 is 0 Å². The summed E-state index contributed by atoms with van der Waals surface area (Å²) in [5.74, 6) is -0.997. The van der Waals surface area contributed by atoms with Gasteiger partial charge in [-0.25, -0.2) is 12.8 Å². The normalized spacial score (nSPS) is 16.6. The lowest BCUT2D eigenvalue weighted by molar-refractivity contribution is 0.104. The summed E-state index contributed by atoms with van der Waals surface area (Å²) >= 11 is 1.18. The minimum atomic E-state index is -4.13. The average Bonchev–Trinajstić information content (AvgIpc) is 3.16. The number of ketones is 1. The van der Waals surface area contributed by atoms with Crippen LogP contribution in [0.2, 0.25) is 0 Å². The Balaban J connectivity index is 1.75. The number of hydrogen-bond acceptors (Lipinski definition) is 5. The van der Waals surface area contributed by atoms with Crippen LogP contribution in [-0.4, -0.2) is 14.2 Å². The Kier molecular flexibility index (Phi) is 5.21. The Morgan fingerprint density at radius 2 is 1.93 bits per heavy atom. The van der Waals surface area contributed by atoms with Crippen molar-refractivity contribution in [3.8, 4) is 0 Å². The number of nitrogens with zero attached hydrogens (tertiary/aromatic N) is 1. The number of benzene rings is 2. The van der Waals surface area contributed by atoms with E-state index in [4.69, 9.17) is 0 Å². The zero-order valence-corrected chi connectivity index (χ0v) is 18.0. The largest absolute Gasteiger partial charge is 0.360 e. The van der Waals surface area contributed by atoms with E-state index in [0.29, 0.717) is 21.8 Å². The number of fused-ring (bicyclic) bond motifs is 1. The van der Waals surface area contributed by atoms with Gasteiger partial charge in [0.05, 0.1) is 12.2 Å². The fourth-order valence-electron chi connectivity index (χ4n) is 3.38. The molecule has 8 heteroatoms. The van der Waals surface area contributed by atoms with Crippen LogP contribution >= 0.6 is 11.3 Å². The van der Waals surface area contributed by atoms with Gasteiger partial charge in [-0.1, -0.05) is 29.8 Å². The highest BCUT2D eigenvalue weighted by Gasteiger charge is 2.41. The number of carbonyl (C=O) groups is 1. The van der Waals surface area contributed by atoms with Gasteiger partial charge in [-0.3, -0.25) is 9.10 Å². The van der Waals surface area contributed by atoms with E-state index in [1.54, 1.807) is 17.5 Å². The molecule has 0 unspecified atom stereocenters. The fraction of sp³-hybridized carbons (Fsp3) is 0.136. The van der Waals surface area contributed by atoms with Crippen molar-refractivity contribution in [1.29, 1.82) is 0 Å². The summed E-state index contributed by atoms with van der Waals surface area (Å²) in [5.41, 5.74) is 3.53. The van der Waals surface area contributed by atoms with Gasteiger partial charge in [0.1, 0.15) is 10.7 Å². The van der Waals surface area contributed by atoms with Gasteiger partial charge < -0.3 is 5.32 Å². The molecule has 4 rings (SSSR count). The van der Waals surface area contributed by atoms with E-state index in [1.165, 1.54) is 35.7 Å². The number of nitrogens with one attached hydrogen (secondary N) is 1. The summed E-state index contributed by atoms with van der Waals surface area (Å²) < 4.78 is 41.5. The summed E-state index contributed by atoms with van der Waals surface area (Å²) in [4.78, 5) is 12.9. The highest BCUT2D eigenvalue weighted by Crippen LogP contribution is 2.39. The van der Waals surface area contributed by atoms with Gasteiger partial charge in [-0.05, 0) is 54.6 Å². The SMILES string of the molecule is Cc1ccc(NC=C2C(=O)c3sccc3N(Cc3cccc(F)c3)S2(=O)=O)c(C)c1. The lowest BCUT2D eigenvalue weighted by Crippen LogP contribution is -2.38. The first-order chi connectivity index (χ1) is 14.3. The maximum Gasteiger partial charge on any atom is 0.270 e. The Hall–Kier alpha value is -2.97. The molecule has 0 saturated carbocycles. The van der Waals surface area contributed by atoms with Crippen LogP contribution in [0.15, 0.2) is 65.0 Å². The molecule has 0 radical (unpaired) electrons. The smallest absolute Gasteiger partial charge is 0.270 e. The molecule has 0 spiro atoms. The highest BCUT2D eigenvalue weighted by atomic mass is 32.2. The van der Waals surface area contributed by atoms with Crippen molar-refractivity contribution in [1.82, 2.24) is 0 Å². The van der Waals surface area contributed by atoms with Crippen molar-refractivity contribution in [2.75, 3.05) is 9.62 Å². The molecule has 0 saturated heterocycles. The van der Waals surface area contributed by atoms with Crippen LogP contribution in [0.5, 0.6) is 0 Å². The zero-order chi connectivity index (χ0) is 21.5. The Labute approximate surface area is 178 Å². The lowest BCUT2D eigenvalue weighted by atomic mass is 10.1. The van der Waals surface area contributed by atoms with Crippen molar-refractivity contribution in [3.05, 3.63) is 92.4 Å². The van der Waals surface area contributed by atoms with Crippen LogP contribution in [0.4, 0.5) is 15.8 Å². The quantitative estimate of drug-likeness (QED) is 0.578. The molecule has 0 bridgehead atoms. The van der Waals surface area contributed by atoms with Gasteiger partial charge in [0.25, 0.3) is 10.0 Å². The molecule has 1 aliphatic rings. The van der Waals surface area contributed by atoms with Gasteiger partial charge in [0.2, 0.25) is 5.78 Å². The Morgan fingerprint density at radius 3 is 2.67 bits per heavy atom. The first-order valence-electron chi connectivity index (χ1n) is 9.21. The van der Waals surface area contributed by atoms with Crippen molar-refractivity contribution in [3.63, 3.8) is 0 Å². The van der Waals surface area contributed by atoms with Crippen molar-refractivity contribution in [2.45, 2.75) is 20.4 Å². The summed E-state index contributed by atoms with van der Waals surface area (Å²) in [6, 6.07) is 13.1. The summed E-state index contributed by atoms with van der Waals surface area (Å²) in [7, 11) is -4.13. The maximum atomic E-state index is 13.6. The van der Waals surface area contributed by atoms with E-state index in [9.17, 15) is 17.6 Å². The second-order valence-electron chi connectivity index (χ2n) is 7.08. The number of rotatable bonds is 4. The van der Waals surface area contributed by atoms with E-state index in [2.05, 4.69) is 5.32 Å². The summed E-state index contributed by atoms with van der Waals surface area (Å²) in [6.07, 6.45) is 1.25. The number of carbonyl (C=O) groups excluding carboxylic acids is 1. The molecular formula is C22H19FN2O3S2. The highest BCUT2D eigenvalue weighted by molar-refractivity contribution is 7.97. The van der Waals surface area contributed by atoms with E-state index >= 15 is 0 Å². The number of sulfonamides is 1. The molecule has 2 heterocycles. The predicted molar refractivity (Wildman–Crippen MR) is 118 cm³/mol. The summed E-state index contributed by atoms with van der Waals surface area (Å²) in [5, 5.41) is 4.65. The van der Waals surface area contributed by atoms with E-state index < -0.39 is 21.6 Å². The number of anilines is 2. The van der Waals surface area contributed by atoms with Crippen molar-refractivity contribution < 1.29 is 17.6 Å². The van der Waals surface area contributed by atoms with E-state index in [-0.39, 0.29) is 11.4 Å². The molecule has 1 aromatic heterocycles. The van der Waals surface area contributed by atoms with E-state index in [0.717, 1.165) is 15.4 Å². The van der Waals surface area contributed by atoms with Crippen LogP contribution in [0.3, 0.4) is 0 Å². The second kappa shape index (κ2) is 7.70. The molecular weight excluding hydrogens is 423 g/mol. The molecule has 3 aromatic rings. The predicted octanol–water partition coefficient (Wildman–Crippen LogP) is 4.99. The molecule has 5 nitrogen and oxygen atoms in total. The third-order valence-electron chi connectivity index (χ3n) is 4.87. The Morgan fingerprint density at radius 1 is 1.13 bits per heavy atom. The number of hydrogen-bond donors (Lipinski definition) is 1. The van der Waals surface area contributed by atoms with Gasteiger partial charge in [0.15, 0.2) is 4.91 Å². The van der Waals surface area contributed by atoms with E-state index in [1.807, 2.05) is 32.0 Å². The fourth-order valence-corrected chi connectivity index (χ4v) is 5.86. The second-order valence-corrected chi connectivity index (χ2v) is 9.82. The number of allylic oxidation sites excluding steroid dienone is 1. The average molecular weight is 443 g/mol. The first-order valence-corrected chi connectivity index (χ1v) is 11.5. The van der Waals surface area contributed by atoms with Crippen LogP contribution in [-0.2, 0) is 16.6 Å². The molecule has 0 atom stereocenters. The molecule has 0 amide bonds. The van der Waals surface area contributed by atoms with Crippen LogP contribution in [0, 0.1) is 19.7 Å². The number of Topliss-reactive ketones (excluding diaryl/α,β-unsaturated/α-hetero) is 1. The number of halogens is 1. The van der Waals surface area contributed by atoms with Crippen LogP contribution in [0.25, 0.3) is 0 Å². The van der Waals surface area contributed by atoms with Crippen LogP contribution < -0.4 is 9.62 Å². The van der Waals surface area contributed by atoms with Gasteiger partial charge in [-0.2, -0.15) is 0 Å². The monoisotopic (exact) mass is 442 g/mol. The molecule has 1 N–H and O–H groups in total. The Bertz CT molecular complexity index is 1280.